The van der Waals surface area contributed by atoms with E-state index in [0.29, 0.717) is 22.4 Å². The minimum Gasteiger partial charge on any atom is -0.489 e. The fourth-order valence-electron chi connectivity index (χ4n) is 3.75. The molecular formula is C29H20N2O5. The Bertz CT molecular complexity index is 1490. The highest BCUT2D eigenvalue weighted by atomic mass is 16.6. The summed E-state index contributed by atoms with van der Waals surface area (Å²) >= 11 is 0. The smallest absolute Gasteiger partial charge is 0.363 e. The Morgan fingerprint density at radius 1 is 0.833 bits per heavy atom. The first-order valence-corrected chi connectivity index (χ1v) is 11.2. The molecule has 5 rings (SSSR count). The first kappa shape index (κ1) is 22.7. The van der Waals surface area contributed by atoms with Gasteiger partial charge in [0.1, 0.15) is 12.4 Å². The molecule has 4 aromatic rings. The maximum Gasteiger partial charge on any atom is 0.363 e. The fourth-order valence-corrected chi connectivity index (χ4v) is 3.75. The van der Waals surface area contributed by atoms with Crippen LogP contribution in [0, 0.1) is 10.1 Å². The van der Waals surface area contributed by atoms with Crippen LogP contribution in [0.3, 0.4) is 0 Å². The standard InChI is InChI=1S/C29H20N2O5/c32-29-27(30-28(36-29)24-14-12-23(13-15-24)22-8-2-1-3-9-22)18-20-6-5-11-26(17-20)35-19-21-7-4-10-25(16-21)31(33)34/h1-18H,19H2/b27-18-. The van der Waals surface area contributed by atoms with Gasteiger partial charge in [-0.2, -0.15) is 0 Å². The Balaban J connectivity index is 1.30. The van der Waals surface area contributed by atoms with Gasteiger partial charge in [0.2, 0.25) is 5.90 Å². The van der Waals surface area contributed by atoms with Crippen molar-refractivity contribution >= 4 is 23.6 Å². The molecule has 0 aliphatic carbocycles. The largest absolute Gasteiger partial charge is 0.489 e. The monoisotopic (exact) mass is 476 g/mol. The van der Waals surface area contributed by atoms with E-state index >= 15 is 0 Å². The van der Waals surface area contributed by atoms with Crippen LogP contribution in [0.5, 0.6) is 5.75 Å². The first-order chi connectivity index (χ1) is 17.5. The lowest BCUT2D eigenvalue weighted by Crippen LogP contribution is -2.05. The van der Waals surface area contributed by atoms with Crippen molar-refractivity contribution < 1.29 is 19.2 Å². The number of carbonyl (C=O) groups is 1. The van der Waals surface area contributed by atoms with Crippen LogP contribution in [-0.4, -0.2) is 16.8 Å². The van der Waals surface area contributed by atoms with Gasteiger partial charge >= 0.3 is 5.97 Å². The van der Waals surface area contributed by atoms with E-state index in [4.69, 9.17) is 9.47 Å². The number of nitrogens with zero attached hydrogens (tertiary/aromatic N) is 2. The van der Waals surface area contributed by atoms with Crippen molar-refractivity contribution in [1.29, 1.82) is 0 Å². The molecule has 7 heteroatoms. The zero-order valence-electron chi connectivity index (χ0n) is 19.0. The van der Waals surface area contributed by atoms with Gasteiger partial charge in [-0.3, -0.25) is 10.1 Å². The van der Waals surface area contributed by atoms with Gasteiger partial charge < -0.3 is 9.47 Å². The second kappa shape index (κ2) is 10.1. The highest BCUT2D eigenvalue weighted by Gasteiger charge is 2.24. The van der Waals surface area contributed by atoms with Crippen LogP contribution in [0.4, 0.5) is 5.69 Å². The summed E-state index contributed by atoms with van der Waals surface area (Å²) < 4.78 is 11.2. The second-order valence-corrected chi connectivity index (χ2v) is 8.07. The number of nitro benzene ring substituents is 1. The molecule has 4 aromatic carbocycles. The van der Waals surface area contributed by atoms with E-state index in [2.05, 4.69) is 4.99 Å². The molecule has 0 fully saturated rings. The van der Waals surface area contributed by atoms with Crippen LogP contribution in [-0.2, 0) is 16.1 Å². The van der Waals surface area contributed by atoms with E-state index in [1.807, 2.05) is 60.7 Å². The van der Waals surface area contributed by atoms with Gasteiger partial charge in [-0.05, 0) is 52.6 Å². The maximum atomic E-state index is 12.4. The van der Waals surface area contributed by atoms with Gasteiger partial charge in [0, 0.05) is 17.7 Å². The highest BCUT2D eigenvalue weighted by molar-refractivity contribution is 6.13. The number of cyclic esters (lactones) is 1. The van der Waals surface area contributed by atoms with Crippen LogP contribution < -0.4 is 4.74 Å². The summed E-state index contributed by atoms with van der Waals surface area (Å²) in [5.41, 5.74) is 4.46. The molecule has 1 aliphatic heterocycles. The van der Waals surface area contributed by atoms with Crippen molar-refractivity contribution in [2.45, 2.75) is 6.61 Å². The Labute approximate surface area is 207 Å². The summed E-state index contributed by atoms with van der Waals surface area (Å²) in [4.78, 5) is 27.3. The molecule has 0 saturated carbocycles. The van der Waals surface area contributed by atoms with Gasteiger partial charge in [-0.1, -0.05) is 66.7 Å². The van der Waals surface area contributed by atoms with Crippen molar-refractivity contribution in [2.75, 3.05) is 0 Å². The zero-order valence-corrected chi connectivity index (χ0v) is 19.0. The maximum absolute atomic E-state index is 12.4. The molecule has 0 saturated heterocycles. The molecule has 36 heavy (non-hydrogen) atoms. The quantitative estimate of drug-likeness (QED) is 0.137. The molecule has 0 spiro atoms. The van der Waals surface area contributed by atoms with E-state index in [1.54, 1.807) is 36.4 Å². The van der Waals surface area contributed by atoms with Crippen LogP contribution in [0.1, 0.15) is 16.7 Å². The Morgan fingerprint density at radius 2 is 1.56 bits per heavy atom. The summed E-state index contributed by atoms with van der Waals surface area (Å²) in [6.45, 7) is 0.172. The highest BCUT2D eigenvalue weighted by Crippen LogP contribution is 2.24. The van der Waals surface area contributed by atoms with E-state index in [9.17, 15) is 14.9 Å². The minimum atomic E-state index is -0.528. The third-order valence-corrected chi connectivity index (χ3v) is 5.55. The summed E-state index contributed by atoms with van der Waals surface area (Å²) in [5.74, 6) is 0.284. The van der Waals surface area contributed by atoms with Crippen molar-refractivity contribution in [3.63, 3.8) is 0 Å². The number of esters is 1. The Morgan fingerprint density at radius 3 is 2.33 bits per heavy atom. The average molecular weight is 476 g/mol. The number of carbonyl (C=O) groups excluding carboxylic acids is 1. The molecule has 0 N–H and O–H groups in total. The molecule has 0 bridgehead atoms. The number of aliphatic imine (C=N–C) groups is 1. The van der Waals surface area contributed by atoms with E-state index < -0.39 is 10.9 Å². The predicted molar refractivity (Wildman–Crippen MR) is 136 cm³/mol. The van der Waals surface area contributed by atoms with Crippen molar-refractivity contribution in [2.24, 2.45) is 4.99 Å². The topological polar surface area (TPSA) is 91.0 Å². The van der Waals surface area contributed by atoms with Crippen LogP contribution >= 0.6 is 0 Å². The molecule has 1 heterocycles. The fraction of sp³-hybridized carbons (Fsp3) is 0.0345. The molecule has 0 aromatic heterocycles. The predicted octanol–water partition coefficient (Wildman–Crippen LogP) is 6.19. The van der Waals surface area contributed by atoms with Crippen LogP contribution in [0.25, 0.3) is 17.2 Å². The normalized spacial score (nSPS) is 13.8. The van der Waals surface area contributed by atoms with Crippen molar-refractivity contribution in [3.05, 3.63) is 136 Å². The molecule has 7 nitrogen and oxygen atoms in total. The molecule has 0 amide bonds. The van der Waals surface area contributed by atoms with E-state index in [-0.39, 0.29) is 23.9 Å². The molecule has 0 unspecified atom stereocenters. The van der Waals surface area contributed by atoms with E-state index in [0.717, 1.165) is 11.1 Å². The third kappa shape index (κ3) is 5.20. The van der Waals surface area contributed by atoms with Gasteiger partial charge in [-0.25, -0.2) is 9.79 Å². The van der Waals surface area contributed by atoms with Gasteiger partial charge in [0.05, 0.1) is 4.92 Å². The van der Waals surface area contributed by atoms with Crippen LogP contribution in [0.2, 0.25) is 0 Å². The zero-order chi connectivity index (χ0) is 24.9. The SMILES string of the molecule is O=C1OC(c2ccc(-c3ccccc3)cc2)=N/C1=C\c1cccc(OCc2cccc([N+](=O)[O-])c2)c1. The lowest BCUT2D eigenvalue weighted by molar-refractivity contribution is -0.384. The number of hydrogen-bond donors (Lipinski definition) is 0. The Hall–Kier alpha value is -5.04. The minimum absolute atomic E-state index is 0.0118. The molecule has 1 aliphatic rings. The average Bonchev–Trinajstić information content (AvgIpc) is 3.28. The number of nitro groups is 1. The lowest BCUT2D eigenvalue weighted by Gasteiger charge is -2.07. The van der Waals surface area contributed by atoms with Gasteiger partial charge in [0.25, 0.3) is 5.69 Å². The van der Waals surface area contributed by atoms with Gasteiger partial charge in [0.15, 0.2) is 5.70 Å². The summed E-state index contributed by atoms with van der Waals surface area (Å²) in [6.07, 6.45) is 1.63. The first-order valence-electron chi connectivity index (χ1n) is 11.2. The van der Waals surface area contributed by atoms with Gasteiger partial charge in [-0.15, -0.1) is 0 Å². The third-order valence-electron chi connectivity index (χ3n) is 5.55. The molecule has 0 atom stereocenters. The number of non-ortho nitro benzene ring substituents is 1. The number of benzene rings is 4. The van der Waals surface area contributed by atoms with E-state index in [1.165, 1.54) is 12.1 Å². The molecular weight excluding hydrogens is 456 g/mol. The van der Waals surface area contributed by atoms with Crippen LogP contribution in [0.15, 0.2) is 114 Å². The number of hydrogen-bond acceptors (Lipinski definition) is 6. The number of ether oxygens (including phenoxy) is 2. The van der Waals surface area contributed by atoms with Crippen molar-refractivity contribution in [3.8, 4) is 16.9 Å². The summed E-state index contributed by atoms with van der Waals surface area (Å²) in [5, 5.41) is 11.0. The molecule has 0 radical (unpaired) electrons. The van der Waals surface area contributed by atoms with Crippen molar-refractivity contribution in [1.82, 2.24) is 0 Å². The molecule has 176 valence electrons. The number of rotatable bonds is 7. The Kier molecular flexibility index (Phi) is 6.36. The second-order valence-electron chi connectivity index (χ2n) is 8.07. The summed E-state index contributed by atoms with van der Waals surface area (Å²) in [7, 11) is 0. The summed E-state index contributed by atoms with van der Waals surface area (Å²) in [6, 6.07) is 31.1. The lowest BCUT2D eigenvalue weighted by atomic mass is 10.0.